The Balaban J connectivity index is 1.77. The van der Waals surface area contributed by atoms with Crippen molar-refractivity contribution < 1.29 is 19.6 Å². The molecule has 3 rings (SSSR count). The van der Waals surface area contributed by atoms with Gasteiger partial charge in [0.25, 0.3) is 5.91 Å². The Morgan fingerprint density at radius 1 is 0.969 bits per heavy atom. The van der Waals surface area contributed by atoms with Gasteiger partial charge in [-0.15, -0.1) is 0 Å². The van der Waals surface area contributed by atoms with E-state index in [0.717, 1.165) is 5.56 Å². The lowest BCUT2D eigenvalue weighted by atomic mass is 9.75. The summed E-state index contributed by atoms with van der Waals surface area (Å²) in [5, 5.41) is 25.4. The molecule has 0 radical (unpaired) electrons. The maximum absolute atomic E-state index is 13.1. The maximum Gasteiger partial charge on any atom is 0.475 e. The van der Waals surface area contributed by atoms with Gasteiger partial charge in [0.05, 0.1) is 12.1 Å². The molecule has 1 heterocycles. The molecule has 0 saturated heterocycles. The van der Waals surface area contributed by atoms with Crippen molar-refractivity contribution in [3.8, 4) is 0 Å². The molecule has 2 atom stereocenters. The van der Waals surface area contributed by atoms with E-state index in [-0.39, 0.29) is 18.5 Å². The summed E-state index contributed by atoms with van der Waals surface area (Å²) in [6.07, 6.45) is 4.40. The number of nitrogens with zero attached hydrogens (tertiary/aromatic N) is 2. The Kier molecular flexibility index (Phi) is 8.32. The van der Waals surface area contributed by atoms with Gasteiger partial charge in [0.15, 0.2) is 0 Å². The van der Waals surface area contributed by atoms with Crippen LogP contribution >= 0.6 is 11.6 Å². The van der Waals surface area contributed by atoms with Gasteiger partial charge in [-0.1, -0.05) is 60.1 Å². The highest BCUT2D eigenvalue weighted by atomic mass is 35.5. The van der Waals surface area contributed by atoms with Gasteiger partial charge in [-0.05, 0) is 23.6 Å². The molecule has 3 aromatic rings. The lowest BCUT2D eigenvalue weighted by Crippen LogP contribution is -2.55. The van der Waals surface area contributed by atoms with E-state index in [2.05, 4.69) is 20.6 Å². The predicted octanol–water partition coefficient (Wildman–Crippen LogP) is 1.21. The Hall–Kier alpha value is -3.27. The molecule has 8 nitrogen and oxygen atoms in total. The summed E-state index contributed by atoms with van der Waals surface area (Å²) in [4.78, 5) is 33.5. The summed E-state index contributed by atoms with van der Waals surface area (Å²) in [5.41, 5.74) is 1.53. The van der Waals surface area contributed by atoms with Gasteiger partial charge in [-0.3, -0.25) is 14.6 Å². The predicted molar refractivity (Wildman–Crippen MR) is 121 cm³/mol. The largest absolute Gasteiger partial charge is 0.475 e. The first-order valence-corrected chi connectivity index (χ1v) is 10.3. The summed E-state index contributed by atoms with van der Waals surface area (Å²) in [6.45, 7) is 0. The molecule has 4 N–H and O–H groups in total. The molecule has 0 bridgehead atoms. The molecule has 2 aromatic carbocycles. The highest BCUT2D eigenvalue weighted by Crippen LogP contribution is 2.17. The van der Waals surface area contributed by atoms with Crippen LogP contribution in [0.25, 0.3) is 0 Å². The molecule has 0 spiro atoms. The van der Waals surface area contributed by atoms with Crippen molar-refractivity contribution in [2.45, 2.75) is 24.8 Å². The fraction of sp³-hybridized carbons (Fsp3) is 0.182. The molecule has 2 amide bonds. The van der Waals surface area contributed by atoms with Gasteiger partial charge in [-0.2, -0.15) is 0 Å². The highest BCUT2D eigenvalue weighted by Gasteiger charge is 2.30. The van der Waals surface area contributed by atoms with E-state index in [0.29, 0.717) is 10.6 Å². The van der Waals surface area contributed by atoms with Crippen LogP contribution < -0.4 is 10.6 Å². The van der Waals surface area contributed by atoms with E-state index in [1.54, 1.807) is 24.3 Å². The Bertz CT molecular complexity index is 1040. The number of rotatable bonds is 9. The third-order valence-corrected chi connectivity index (χ3v) is 5.15. The average molecular weight is 453 g/mol. The smallest absolute Gasteiger partial charge is 0.426 e. The second-order valence-electron chi connectivity index (χ2n) is 7.13. The first-order valence-electron chi connectivity index (χ1n) is 9.94. The zero-order valence-electron chi connectivity index (χ0n) is 17.1. The molecule has 10 heteroatoms. The summed E-state index contributed by atoms with van der Waals surface area (Å²) in [6, 6.07) is 15.1. The molecule has 0 aliphatic rings. The van der Waals surface area contributed by atoms with Crippen LogP contribution in [0.15, 0.2) is 73.2 Å². The second-order valence-corrected chi connectivity index (χ2v) is 7.54. The van der Waals surface area contributed by atoms with Crippen LogP contribution in [0.1, 0.15) is 21.6 Å². The molecule has 0 unspecified atom stereocenters. The lowest BCUT2D eigenvalue weighted by Gasteiger charge is -2.23. The van der Waals surface area contributed by atoms with E-state index in [9.17, 15) is 19.6 Å². The number of nitrogens with one attached hydrogen (secondary N) is 2. The zero-order valence-corrected chi connectivity index (χ0v) is 17.8. The Labute approximate surface area is 190 Å². The number of carbonyl (C=O) groups excluding carboxylic acids is 2. The van der Waals surface area contributed by atoms with Crippen molar-refractivity contribution >= 4 is 30.5 Å². The summed E-state index contributed by atoms with van der Waals surface area (Å²) in [7, 11) is -1.83. The fourth-order valence-electron chi connectivity index (χ4n) is 3.12. The minimum Gasteiger partial charge on any atom is -0.426 e. The average Bonchev–Trinajstić information content (AvgIpc) is 2.80. The summed E-state index contributed by atoms with van der Waals surface area (Å²) < 4.78 is 0. The first-order chi connectivity index (χ1) is 15.4. The lowest BCUT2D eigenvalue weighted by molar-refractivity contribution is -0.123. The van der Waals surface area contributed by atoms with Crippen LogP contribution in [0.3, 0.4) is 0 Å². The van der Waals surface area contributed by atoms with Crippen LogP contribution in [0.5, 0.6) is 0 Å². The quantitative estimate of drug-likeness (QED) is 0.362. The molecule has 164 valence electrons. The topological polar surface area (TPSA) is 124 Å². The van der Waals surface area contributed by atoms with Crippen molar-refractivity contribution in [1.29, 1.82) is 0 Å². The van der Waals surface area contributed by atoms with Gasteiger partial charge in [0.2, 0.25) is 5.91 Å². The van der Waals surface area contributed by atoms with Crippen LogP contribution in [0.2, 0.25) is 5.02 Å². The molecular formula is C22H22BClN4O4. The van der Waals surface area contributed by atoms with E-state index in [4.69, 9.17) is 11.6 Å². The van der Waals surface area contributed by atoms with Crippen molar-refractivity contribution in [1.82, 2.24) is 20.6 Å². The molecule has 0 saturated carbocycles. The van der Waals surface area contributed by atoms with E-state index >= 15 is 0 Å². The Morgan fingerprint density at radius 2 is 1.69 bits per heavy atom. The fourth-order valence-corrected chi connectivity index (χ4v) is 3.34. The van der Waals surface area contributed by atoms with E-state index in [1.807, 2.05) is 30.3 Å². The number of aromatic nitrogens is 2. The van der Waals surface area contributed by atoms with E-state index < -0.39 is 30.9 Å². The van der Waals surface area contributed by atoms with Gasteiger partial charge in [0, 0.05) is 23.8 Å². The minimum absolute atomic E-state index is 0.0631. The number of amides is 2. The molecule has 0 aliphatic carbocycles. The van der Waals surface area contributed by atoms with Crippen LogP contribution in [-0.4, -0.2) is 50.9 Å². The van der Waals surface area contributed by atoms with Gasteiger partial charge >= 0.3 is 7.12 Å². The van der Waals surface area contributed by atoms with Gasteiger partial charge < -0.3 is 20.7 Å². The minimum atomic E-state index is -1.83. The number of benzene rings is 2. The zero-order chi connectivity index (χ0) is 22.9. The number of hydrogen-bond donors (Lipinski definition) is 4. The van der Waals surface area contributed by atoms with Crippen molar-refractivity contribution in [3.05, 3.63) is 95.0 Å². The third-order valence-electron chi connectivity index (χ3n) is 4.79. The maximum atomic E-state index is 13.1. The van der Waals surface area contributed by atoms with Crippen LogP contribution in [0, 0.1) is 0 Å². The summed E-state index contributed by atoms with van der Waals surface area (Å²) >= 11 is 6.17. The third kappa shape index (κ3) is 6.62. The molecule has 32 heavy (non-hydrogen) atoms. The molecule has 0 fully saturated rings. The Morgan fingerprint density at radius 3 is 2.34 bits per heavy atom. The number of halogens is 1. The van der Waals surface area contributed by atoms with Crippen LogP contribution in [-0.2, 0) is 17.6 Å². The SMILES string of the molecule is O=C(N[C@@H](Cc1ccccc1)C(=O)N[C@@H](Cc1ccccc1Cl)B(O)O)c1cnccn1. The highest BCUT2D eigenvalue weighted by molar-refractivity contribution is 6.43. The first kappa shape index (κ1) is 23.4. The van der Waals surface area contributed by atoms with Crippen molar-refractivity contribution in [2.75, 3.05) is 0 Å². The molecule has 1 aromatic heterocycles. The standard InChI is InChI=1S/C22H22BClN4O4/c24-17-9-5-4-8-16(17)13-20(23(31)32)28-21(29)18(12-15-6-2-1-3-7-15)27-22(30)19-14-25-10-11-26-19/h1-11,14,18,20,31-32H,12-13H2,(H,27,30)(H,28,29)/t18-,20-/m0/s1. The van der Waals surface area contributed by atoms with Crippen molar-refractivity contribution in [2.24, 2.45) is 0 Å². The normalized spacial score (nSPS) is 12.5. The molecule has 0 aliphatic heterocycles. The summed E-state index contributed by atoms with van der Waals surface area (Å²) in [5.74, 6) is -2.17. The van der Waals surface area contributed by atoms with Gasteiger partial charge in [0.1, 0.15) is 11.7 Å². The number of hydrogen-bond acceptors (Lipinski definition) is 6. The number of carbonyl (C=O) groups is 2. The van der Waals surface area contributed by atoms with Gasteiger partial charge in [-0.25, -0.2) is 4.98 Å². The van der Waals surface area contributed by atoms with Crippen LogP contribution in [0.4, 0.5) is 0 Å². The monoisotopic (exact) mass is 452 g/mol. The molecular weight excluding hydrogens is 431 g/mol. The second kappa shape index (κ2) is 11.4. The van der Waals surface area contributed by atoms with E-state index in [1.165, 1.54) is 18.6 Å². The van der Waals surface area contributed by atoms with Crippen molar-refractivity contribution in [3.63, 3.8) is 0 Å².